The fraction of sp³-hybridized carbons (Fsp3) is 0.0370. The zero-order chi connectivity index (χ0) is 40.7. The number of anilines is 3. The average Bonchev–Trinajstić information content (AvgIpc) is 3.65. The molecule has 0 aliphatic carbocycles. The van der Waals surface area contributed by atoms with Crippen LogP contribution in [0.1, 0.15) is 20.7 Å². The zero-order valence-electron chi connectivity index (χ0n) is 33.0. The maximum Gasteiger partial charge on any atom is 0.337 e. The molecule has 0 unspecified atom stereocenters. The van der Waals surface area contributed by atoms with Crippen LogP contribution in [0.15, 0.2) is 194 Å². The number of hydrogen-bond acceptors (Lipinski definition) is 5. The SMILES string of the molecule is COC(=O)c1ccc(-c2c3ccccc3c(-c3ccc(C(=O)OC)cc3)c3c(N(c4ccccc4)c4ccc(-n5c6ccccc6c6ccccc65)cc4)cccc23)cc1. The number of esters is 2. The number of carbonyl (C=O) groups excluding carboxylic acids is 2. The highest BCUT2D eigenvalue weighted by Crippen LogP contribution is 2.49. The Morgan fingerprint density at radius 1 is 0.417 bits per heavy atom. The van der Waals surface area contributed by atoms with Gasteiger partial charge in [0, 0.05) is 33.2 Å². The minimum Gasteiger partial charge on any atom is -0.465 e. The van der Waals surface area contributed by atoms with E-state index in [-0.39, 0.29) is 11.9 Å². The number of hydrogen-bond donors (Lipinski definition) is 0. The molecule has 10 rings (SSSR count). The number of aromatic nitrogens is 1. The van der Waals surface area contributed by atoms with Crippen LogP contribution in [-0.2, 0) is 9.47 Å². The number of ether oxygens (including phenoxy) is 2. The predicted octanol–water partition coefficient (Wildman–Crippen LogP) is 13.5. The first kappa shape index (κ1) is 36.4. The van der Waals surface area contributed by atoms with Crippen LogP contribution in [0.2, 0.25) is 0 Å². The molecule has 1 aromatic heterocycles. The van der Waals surface area contributed by atoms with E-state index in [4.69, 9.17) is 9.47 Å². The van der Waals surface area contributed by atoms with Crippen molar-refractivity contribution in [1.82, 2.24) is 4.57 Å². The molecule has 0 aliphatic heterocycles. The van der Waals surface area contributed by atoms with Gasteiger partial charge < -0.3 is 18.9 Å². The molecule has 288 valence electrons. The molecule has 0 fully saturated rings. The largest absolute Gasteiger partial charge is 0.465 e. The fourth-order valence-corrected chi connectivity index (χ4v) is 8.74. The molecular formula is C54H38N2O4. The highest BCUT2D eigenvalue weighted by atomic mass is 16.5. The molecule has 0 amide bonds. The van der Waals surface area contributed by atoms with Crippen LogP contribution in [0, 0.1) is 0 Å². The summed E-state index contributed by atoms with van der Waals surface area (Å²) in [5.74, 6) is -0.769. The third kappa shape index (κ3) is 6.05. The van der Waals surface area contributed by atoms with E-state index in [9.17, 15) is 9.59 Å². The summed E-state index contributed by atoms with van der Waals surface area (Å²) in [4.78, 5) is 27.4. The first-order chi connectivity index (χ1) is 29.5. The van der Waals surface area contributed by atoms with Crippen LogP contribution in [-0.4, -0.2) is 30.7 Å². The summed E-state index contributed by atoms with van der Waals surface area (Å²) >= 11 is 0. The Kier molecular flexibility index (Phi) is 9.15. The van der Waals surface area contributed by atoms with Gasteiger partial charge in [0.1, 0.15) is 0 Å². The lowest BCUT2D eigenvalue weighted by Gasteiger charge is -2.29. The maximum atomic E-state index is 12.6. The molecule has 0 bridgehead atoms. The smallest absolute Gasteiger partial charge is 0.337 e. The van der Waals surface area contributed by atoms with Crippen molar-refractivity contribution in [2.24, 2.45) is 0 Å². The molecule has 0 atom stereocenters. The van der Waals surface area contributed by atoms with Gasteiger partial charge in [-0.05, 0) is 117 Å². The number of rotatable bonds is 8. The van der Waals surface area contributed by atoms with Gasteiger partial charge in [-0.1, -0.05) is 115 Å². The van der Waals surface area contributed by atoms with Crippen LogP contribution in [0.5, 0.6) is 0 Å². The first-order valence-electron chi connectivity index (χ1n) is 19.8. The molecule has 0 aliphatic rings. The molecule has 6 nitrogen and oxygen atoms in total. The van der Waals surface area contributed by atoms with Crippen LogP contribution in [0.25, 0.3) is 71.3 Å². The molecule has 1 heterocycles. The van der Waals surface area contributed by atoms with Gasteiger partial charge in [0.25, 0.3) is 0 Å². The number of benzene rings is 9. The van der Waals surface area contributed by atoms with Crippen molar-refractivity contribution in [3.05, 3.63) is 205 Å². The van der Waals surface area contributed by atoms with E-state index >= 15 is 0 Å². The van der Waals surface area contributed by atoms with Gasteiger partial charge in [-0.25, -0.2) is 9.59 Å². The Labute approximate surface area is 347 Å². The number of fused-ring (bicyclic) bond motifs is 5. The second kappa shape index (κ2) is 15.1. The Balaban J connectivity index is 1.25. The molecule has 0 saturated heterocycles. The van der Waals surface area contributed by atoms with E-state index in [1.807, 2.05) is 54.6 Å². The van der Waals surface area contributed by atoms with E-state index in [2.05, 4.69) is 149 Å². The molecule has 0 N–H and O–H groups in total. The highest BCUT2D eigenvalue weighted by molar-refractivity contribution is 6.25. The van der Waals surface area contributed by atoms with Crippen LogP contribution in [0.3, 0.4) is 0 Å². The predicted molar refractivity (Wildman–Crippen MR) is 244 cm³/mol. The lowest BCUT2D eigenvalue weighted by molar-refractivity contribution is 0.0592. The Morgan fingerprint density at radius 2 is 0.867 bits per heavy atom. The van der Waals surface area contributed by atoms with Crippen LogP contribution >= 0.6 is 0 Å². The summed E-state index contributed by atoms with van der Waals surface area (Å²) < 4.78 is 12.4. The van der Waals surface area contributed by atoms with E-state index in [1.54, 1.807) is 0 Å². The van der Waals surface area contributed by atoms with Crippen molar-refractivity contribution in [2.75, 3.05) is 19.1 Å². The minimum atomic E-state index is -0.387. The van der Waals surface area contributed by atoms with Gasteiger partial charge in [-0.3, -0.25) is 0 Å². The second-order valence-corrected chi connectivity index (χ2v) is 14.7. The quantitative estimate of drug-likeness (QED) is 0.114. The Bertz CT molecular complexity index is 3190. The number of para-hydroxylation sites is 3. The summed E-state index contributed by atoms with van der Waals surface area (Å²) in [5, 5.41) is 6.60. The summed E-state index contributed by atoms with van der Waals surface area (Å²) in [5.41, 5.74) is 11.3. The van der Waals surface area contributed by atoms with Crippen LogP contribution < -0.4 is 4.90 Å². The van der Waals surface area contributed by atoms with Gasteiger partial charge in [0.15, 0.2) is 0 Å². The molecule has 60 heavy (non-hydrogen) atoms. The first-order valence-corrected chi connectivity index (χ1v) is 19.8. The van der Waals surface area contributed by atoms with Crippen molar-refractivity contribution in [3.8, 4) is 27.9 Å². The molecule has 6 heteroatoms. The summed E-state index contributed by atoms with van der Waals surface area (Å²) in [6.45, 7) is 0. The normalized spacial score (nSPS) is 11.3. The van der Waals surface area contributed by atoms with Crippen molar-refractivity contribution in [2.45, 2.75) is 0 Å². The fourth-order valence-electron chi connectivity index (χ4n) is 8.74. The third-order valence-electron chi connectivity index (χ3n) is 11.4. The van der Waals surface area contributed by atoms with Gasteiger partial charge in [-0.2, -0.15) is 0 Å². The molecular weight excluding hydrogens is 741 g/mol. The summed E-state index contributed by atoms with van der Waals surface area (Å²) in [7, 11) is 2.79. The van der Waals surface area contributed by atoms with Gasteiger partial charge in [-0.15, -0.1) is 0 Å². The minimum absolute atomic E-state index is 0.382. The lowest BCUT2D eigenvalue weighted by Crippen LogP contribution is -2.11. The number of methoxy groups -OCH3 is 2. The Morgan fingerprint density at radius 3 is 1.42 bits per heavy atom. The molecule has 0 spiro atoms. The standard InChI is InChI=1S/C54H38N2O4/c1-59-53(57)37-27-23-35(24-28-37)50-44-17-6-7-18-45(44)51(36-25-29-38(30-26-36)54(58)60-2)52-46(50)19-12-22-49(52)55(39-13-4-3-5-14-39)40-31-33-41(34-32-40)56-47-20-10-8-15-42(47)43-16-9-11-21-48(43)56/h3-34H,1-2H3. The van der Waals surface area contributed by atoms with E-state index in [0.29, 0.717) is 11.1 Å². The molecule has 10 aromatic rings. The number of carbonyl (C=O) groups is 2. The van der Waals surface area contributed by atoms with E-state index in [0.717, 1.165) is 77.6 Å². The van der Waals surface area contributed by atoms with Gasteiger partial charge in [0.05, 0.1) is 42.1 Å². The maximum absolute atomic E-state index is 12.6. The van der Waals surface area contributed by atoms with E-state index < -0.39 is 0 Å². The third-order valence-corrected chi connectivity index (χ3v) is 11.4. The van der Waals surface area contributed by atoms with Crippen molar-refractivity contribution in [1.29, 1.82) is 0 Å². The zero-order valence-corrected chi connectivity index (χ0v) is 33.0. The number of nitrogens with zero attached hydrogens (tertiary/aromatic N) is 2. The molecule has 0 radical (unpaired) electrons. The van der Waals surface area contributed by atoms with Crippen molar-refractivity contribution < 1.29 is 19.1 Å². The monoisotopic (exact) mass is 778 g/mol. The van der Waals surface area contributed by atoms with Gasteiger partial charge in [0.2, 0.25) is 0 Å². The van der Waals surface area contributed by atoms with Gasteiger partial charge >= 0.3 is 11.9 Å². The van der Waals surface area contributed by atoms with Crippen molar-refractivity contribution in [3.63, 3.8) is 0 Å². The lowest BCUT2D eigenvalue weighted by atomic mass is 9.84. The average molecular weight is 779 g/mol. The molecule has 9 aromatic carbocycles. The summed E-state index contributed by atoms with van der Waals surface area (Å²) in [6.07, 6.45) is 0. The van der Waals surface area contributed by atoms with Crippen molar-refractivity contribution >= 4 is 72.4 Å². The topological polar surface area (TPSA) is 60.8 Å². The highest BCUT2D eigenvalue weighted by Gasteiger charge is 2.24. The van der Waals surface area contributed by atoms with Crippen LogP contribution in [0.4, 0.5) is 17.1 Å². The summed E-state index contributed by atoms with van der Waals surface area (Å²) in [6, 6.07) is 66.5. The second-order valence-electron chi connectivity index (χ2n) is 14.7. The van der Waals surface area contributed by atoms with E-state index in [1.165, 1.54) is 25.0 Å². The molecule has 0 saturated carbocycles. The Hall–Kier alpha value is -7.96.